The van der Waals surface area contributed by atoms with Gasteiger partial charge in [0.1, 0.15) is 11.5 Å². The summed E-state index contributed by atoms with van der Waals surface area (Å²) in [6.45, 7) is 8.66. The maximum atomic E-state index is 11.0. The van der Waals surface area contributed by atoms with Crippen molar-refractivity contribution in [3.8, 4) is 11.5 Å². The molecular formula is C28H38O2. The summed E-state index contributed by atoms with van der Waals surface area (Å²) in [5.74, 6) is 2.23. The molecule has 2 N–H and O–H groups in total. The SMILES string of the molecule is Cc1cc(O)c(C(c2cc(C3CCCC3)c(C)cc2O)C(C)C)cc1C1CCCC1. The zero-order valence-electron chi connectivity index (χ0n) is 19.2. The van der Waals surface area contributed by atoms with Crippen LogP contribution >= 0.6 is 0 Å². The second-order valence-electron chi connectivity index (χ2n) is 10.2. The van der Waals surface area contributed by atoms with Crippen LogP contribution in [-0.4, -0.2) is 10.2 Å². The van der Waals surface area contributed by atoms with Crippen LogP contribution in [-0.2, 0) is 0 Å². The van der Waals surface area contributed by atoms with Crippen LogP contribution in [0.1, 0.15) is 116 Å². The van der Waals surface area contributed by atoms with Crippen molar-refractivity contribution in [2.45, 2.75) is 96.8 Å². The Hall–Kier alpha value is -1.96. The third-order valence-corrected chi connectivity index (χ3v) is 7.76. The summed E-state index contributed by atoms with van der Waals surface area (Å²) in [4.78, 5) is 0. The first-order valence-corrected chi connectivity index (χ1v) is 12.0. The molecule has 2 heteroatoms. The van der Waals surface area contributed by atoms with Crippen molar-refractivity contribution in [3.63, 3.8) is 0 Å². The third-order valence-electron chi connectivity index (χ3n) is 7.76. The zero-order chi connectivity index (χ0) is 21.4. The number of hydrogen-bond acceptors (Lipinski definition) is 2. The van der Waals surface area contributed by atoms with Gasteiger partial charge in [-0.15, -0.1) is 0 Å². The Kier molecular flexibility index (Phi) is 6.14. The molecule has 0 unspecified atom stereocenters. The highest BCUT2D eigenvalue weighted by molar-refractivity contribution is 5.53. The van der Waals surface area contributed by atoms with Gasteiger partial charge in [-0.3, -0.25) is 0 Å². The van der Waals surface area contributed by atoms with E-state index >= 15 is 0 Å². The van der Waals surface area contributed by atoms with Gasteiger partial charge >= 0.3 is 0 Å². The molecule has 4 rings (SSSR count). The minimum absolute atomic E-state index is 0.00786. The largest absolute Gasteiger partial charge is 0.508 e. The lowest BCUT2D eigenvalue weighted by Gasteiger charge is -2.27. The fraction of sp³-hybridized carbons (Fsp3) is 0.571. The lowest BCUT2D eigenvalue weighted by molar-refractivity contribution is 0.433. The fourth-order valence-corrected chi connectivity index (χ4v) is 6.19. The van der Waals surface area contributed by atoms with Crippen LogP contribution in [0.2, 0.25) is 0 Å². The topological polar surface area (TPSA) is 40.5 Å². The second kappa shape index (κ2) is 8.65. The Bertz CT molecular complexity index is 828. The number of phenols is 2. The maximum absolute atomic E-state index is 11.0. The van der Waals surface area contributed by atoms with E-state index < -0.39 is 0 Å². The van der Waals surface area contributed by atoms with Crippen molar-refractivity contribution in [1.82, 2.24) is 0 Å². The smallest absolute Gasteiger partial charge is 0.119 e. The van der Waals surface area contributed by atoms with Crippen LogP contribution in [0.5, 0.6) is 11.5 Å². The third kappa shape index (κ3) is 3.98. The quantitative estimate of drug-likeness (QED) is 0.531. The number of hydrogen-bond donors (Lipinski definition) is 2. The van der Waals surface area contributed by atoms with Gasteiger partial charge in [-0.25, -0.2) is 0 Å². The first kappa shape index (κ1) is 21.3. The normalized spacial score (nSPS) is 18.2. The lowest BCUT2D eigenvalue weighted by atomic mass is 9.77. The molecule has 0 aromatic heterocycles. The van der Waals surface area contributed by atoms with Gasteiger partial charge in [0.2, 0.25) is 0 Å². The van der Waals surface area contributed by atoms with Crippen LogP contribution in [0.15, 0.2) is 24.3 Å². The standard InChI is InChI=1S/C28H38O2/c1-17(2)28(24-15-22(18(3)13-26(24)29)20-9-5-6-10-20)25-16-23(19(4)14-27(25)30)21-11-7-8-12-21/h13-17,20-21,28-30H,5-12H2,1-4H3. The van der Waals surface area contributed by atoms with Crippen molar-refractivity contribution >= 4 is 0 Å². The minimum atomic E-state index is -0.00786. The molecule has 2 aliphatic carbocycles. The van der Waals surface area contributed by atoms with Crippen molar-refractivity contribution in [1.29, 1.82) is 0 Å². The molecule has 2 nitrogen and oxygen atoms in total. The molecule has 0 radical (unpaired) electrons. The van der Waals surface area contributed by atoms with Gasteiger partial charge in [0.15, 0.2) is 0 Å². The molecule has 0 spiro atoms. The first-order chi connectivity index (χ1) is 14.4. The molecule has 2 aliphatic rings. The molecule has 2 saturated carbocycles. The average molecular weight is 407 g/mol. The highest BCUT2D eigenvalue weighted by Crippen LogP contribution is 2.46. The summed E-state index contributed by atoms with van der Waals surface area (Å²) in [5, 5.41) is 22.0. The van der Waals surface area contributed by atoms with Gasteiger partial charge < -0.3 is 10.2 Å². The van der Waals surface area contributed by atoms with Gasteiger partial charge in [-0.1, -0.05) is 51.7 Å². The summed E-state index contributed by atoms with van der Waals surface area (Å²) < 4.78 is 0. The number of benzene rings is 2. The number of aryl methyl sites for hydroxylation is 2. The first-order valence-electron chi connectivity index (χ1n) is 12.0. The number of rotatable bonds is 5. The lowest BCUT2D eigenvalue weighted by Crippen LogP contribution is -2.12. The van der Waals surface area contributed by atoms with Crippen molar-refractivity contribution in [3.05, 3.63) is 57.6 Å². The molecule has 0 bridgehead atoms. The van der Waals surface area contributed by atoms with Crippen molar-refractivity contribution in [2.75, 3.05) is 0 Å². The van der Waals surface area contributed by atoms with Gasteiger partial charge in [0.05, 0.1) is 0 Å². The molecule has 30 heavy (non-hydrogen) atoms. The highest BCUT2D eigenvalue weighted by Gasteiger charge is 2.29. The predicted molar refractivity (Wildman–Crippen MR) is 125 cm³/mol. The molecule has 0 heterocycles. The molecule has 162 valence electrons. The summed E-state index contributed by atoms with van der Waals surface area (Å²) in [7, 11) is 0. The molecule has 2 fully saturated rings. The van der Waals surface area contributed by atoms with Crippen LogP contribution in [0, 0.1) is 19.8 Å². The molecule has 2 aromatic rings. The average Bonchev–Trinajstić information content (AvgIpc) is 3.39. The Morgan fingerprint density at radius 2 is 1.03 bits per heavy atom. The zero-order valence-corrected chi connectivity index (χ0v) is 19.2. The Morgan fingerprint density at radius 1 is 0.667 bits per heavy atom. The molecule has 2 aromatic carbocycles. The van der Waals surface area contributed by atoms with E-state index in [4.69, 9.17) is 0 Å². The highest BCUT2D eigenvalue weighted by atomic mass is 16.3. The number of phenolic OH excluding ortho intramolecular Hbond substituents is 2. The minimum Gasteiger partial charge on any atom is -0.508 e. The molecule has 0 atom stereocenters. The van der Waals surface area contributed by atoms with E-state index in [9.17, 15) is 10.2 Å². The summed E-state index contributed by atoms with van der Waals surface area (Å²) in [6.07, 6.45) is 10.2. The number of aromatic hydroxyl groups is 2. The van der Waals surface area contributed by atoms with E-state index in [1.54, 1.807) is 0 Å². The molecule has 0 saturated heterocycles. The summed E-state index contributed by atoms with van der Waals surface area (Å²) >= 11 is 0. The van der Waals surface area contributed by atoms with Gasteiger partial charge in [-0.2, -0.15) is 0 Å². The predicted octanol–water partition coefficient (Wildman–Crippen LogP) is 7.82. The van der Waals surface area contributed by atoms with Crippen LogP contribution < -0.4 is 0 Å². The van der Waals surface area contributed by atoms with Crippen molar-refractivity contribution < 1.29 is 10.2 Å². The monoisotopic (exact) mass is 406 g/mol. The molecular weight excluding hydrogens is 368 g/mol. The van der Waals surface area contributed by atoms with E-state index in [1.165, 1.54) is 73.6 Å². The summed E-state index contributed by atoms with van der Waals surface area (Å²) in [5.41, 5.74) is 7.15. The van der Waals surface area contributed by atoms with Crippen molar-refractivity contribution in [2.24, 2.45) is 5.92 Å². The van der Waals surface area contributed by atoms with E-state index in [2.05, 4.69) is 39.8 Å². The maximum Gasteiger partial charge on any atom is 0.119 e. The van der Waals surface area contributed by atoms with E-state index in [1.807, 2.05) is 12.1 Å². The molecule has 0 aliphatic heterocycles. The Balaban J connectivity index is 1.82. The van der Waals surface area contributed by atoms with Crippen LogP contribution in [0.3, 0.4) is 0 Å². The van der Waals surface area contributed by atoms with E-state index in [-0.39, 0.29) is 11.8 Å². The van der Waals surface area contributed by atoms with Gasteiger partial charge in [-0.05, 0) is 91.7 Å². The Morgan fingerprint density at radius 3 is 1.37 bits per heavy atom. The summed E-state index contributed by atoms with van der Waals surface area (Å²) in [6, 6.07) is 8.45. The van der Waals surface area contributed by atoms with Crippen LogP contribution in [0.4, 0.5) is 0 Å². The Labute approximate surface area is 182 Å². The fourth-order valence-electron chi connectivity index (χ4n) is 6.19. The second-order valence-corrected chi connectivity index (χ2v) is 10.2. The van der Waals surface area contributed by atoms with Gasteiger partial charge in [0.25, 0.3) is 0 Å². The van der Waals surface area contributed by atoms with E-state index in [0.717, 1.165) is 11.1 Å². The van der Waals surface area contributed by atoms with E-state index in [0.29, 0.717) is 23.3 Å². The molecule has 0 amide bonds. The van der Waals surface area contributed by atoms with Gasteiger partial charge in [0, 0.05) is 17.0 Å². The van der Waals surface area contributed by atoms with Crippen LogP contribution in [0.25, 0.3) is 0 Å².